The second kappa shape index (κ2) is 11.3. The lowest BCUT2D eigenvalue weighted by Crippen LogP contribution is -2.40. The molecule has 0 radical (unpaired) electrons. The van der Waals surface area contributed by atoms with Gasteiger partial charge in [0.1, 0.15) is 0 Å². The van der Waals surface area contributed by atoms with Crippen LogP contribution in [0, 0.1) is 0 Å². The molecule has 1 atom stereocenters. The first-order chi connectivity index (χ1) is 15.5. The van der Waals surface area contributed by atoms with Crippen LogP contribution >= 0.6 is 0 Å². The third-order valence-electron chi connectivity index (χ3n) is 5.59. The van der Waals surface area contributed by atoms with Crippen LogP contribution in [0.15, 0.2) is 53.1 Å². The Morgan fingerprint density at radius 1 is 1.06 bits per heavy atom. The highest BCUT2D eigenvalue weighted by Crippen LogP contribution is 2.31. The maximum Gasteiger partial charge on any atom is 0.228 e. The Morgan fingerprint density at radius 2 is 1.81 bits per heavy atom. The lowest BCUT2D eigenvalue weighted by atomic mass is 10.1. The van der Waals surface area contributed by atoms with Crippen molar-refractivity contribution in [2.45, 2.75) is 45.6 Å². The topological polar surface area (TPSA) is 77.7 Å². The molecule has 2 aromatic carbocycles. The van der Waals surface area contributed by atoms with Gasteiger partial charge in [0.05, 0.1) is 14.2 Å². The molecule has 1 aromatic heterocycles. The number of hydrogen-bond donors (Lipinski definition) is 0. The highest BCUT2D eigenvalue weighted by atomic mass is 16.5. The second-order valence-corrected chi connectivity index (χ2v) is 7.66. The summed E-state index contributed by atoms with van der Waals surface area (Å²) in [5.41, 5.74) is 1.94. The molecular weight excluding hydrogens is 406 g/mol. The molecule has 0 aliphatic heterocycles. The molecule has 32 heavy (non-hydrogen) atoms. The van der Waals surface area contributed by atoms with E-state index in [1.54, 1.807) is 20.3 Å². The van der Waals surface area contributed by atoms with Crippen molar-refractivity contribution in [3.63, 3.8) is 0 Å². The summed E-state index contributed by atoms with van der Waals surface area (Å²) in [6, 6.07) is 15.7. The van der Waals surface area contributed by atoms with E-state index in [4.69, 9.17) is 14.0 Å². The van der Waals surface area contributed by atoms with Gasteiger partial charge < -0.3 is 18.9 Å². The Bertz CT molecular complexity index is 1000. The van der Waals surface area contributed by atoms with Gasteiger partial charge in [0.2, 0.25) is 17.6 Å². The molecule has 7 nitrogen and oxygen atoms in total. The molecule has 7 heteroatoms. The minimum absolute atomic E-state index is 0.142. The summed E-state index contributed by atoms with van der Waals surface area (Å²) >= 11 is 0. The van der Waals surface area contributed by atoms with Crippen molar-refractivity contribution in [1.29, 1.82) is 0 Å². The molecule has 1 heterocycles. The zero-order valence-corrected chi connectivity index (χ0v) is 19.2. The van der Waals surface area contributed by atoms with Crippen molar-refractivity contribution in [2.75, 3.05) is 20.8 Å². The number of benzene rings is 2. The number of hydrogen-bond acceptors (Lipinski definition) is 6. The summed E-state index contributed by atoms with van der Waals surface area (Å²) in [6.45, 7) is 4.70. The van der Waals surface area contributed by atoms with E-state index in [9.17, 15) is 4.79 Å². The highest BCUT2D eigenvalue weighted by molar-refractivity contribution is 5.76. The van der Waals surface area contributed by atoms with Crippen molar-refractivity contribution < 1.29 is 18.8 Å². The second-order valence-electron chi connectivity index (χ2n) is 7.66. The Balaban J connectivity index is 1.64. The number of carbonyl (C=O) groups is 1. The Kier molecular flexibility index (Phi) is 8.25. The standard InChI is InChI=1S/C25H31N3O4/c1-5-18(2)28(24(29)14-11-19-9-7-6-8-10-19)16-15-23-26-25(27-32-23)20-12-13-21(30-3)22(17-20)31-4/h6-10,12-13,17-18H,5,11,14-16H2,1-4H3/t18-/m0/s1. The number of carbonyl (C=O) groups excluding carboxylic acids is 1. The van der Waals surface area contributed by atoms with Gasteiger partial charge >= 0.3 is 0 Å². The minimum atomic E-state index is 0.142. The Morgan fingerprint density at radius 3 is 2.50 bits per heavy atom. The van der Waals surface area contributed by atoms with Gasteiger partial charge in [-0.15, -0.1) is 0 Å². The molecule has 3 rings (SSSR count). The van der Waals surface area contributed by atoms with Crippen LogP contribution in [0.25, 0.3) is 11.4 Å². The van der Waals surface area contributed by atoms with E-state index < -0.39 is 0 Å². The zero-order valence-electron chi connectivity index (χ0n) is 19.2. The van der Waals surface area contributed by atoms with Crippen molar-refractivity contribution >= 4 is 5.91 Å². The fourth-order valence-electron chi connectivity index (χ4n) is 3.52. The van der Waals surface area contributed by atoms with E-state index in [0.29, 0.717) is 42.6 Å². The molecule has 0 saturated carbocycles. The molecule has 170 valence electrons. The number of methoxy groups -OCH3 is 2. The van der Waals surface area contributed by atoms with E-state index in [0.717, 1.165) is 18.4 Å². The van der Waals surface area contributed by atoms with Crippen LogP contribution in [0.2, 0.25) is 0 Å². The monoisotopic (exact) mass is 437 g/mol. The van der Waals surface area contributed by atoms with Crippen LogP contribution in [-0.2, 0) is 17.6 Å². The number of ether oxygens (including phenoxy) is 2. The first-order valence-electron chi connectivity index (χ1n) is 10.9. The first-order valence-corrected chi connectivity index (χ1v) is 10.9. The molecule has 0 aliphatic carbocycles. The van der Waals surface area contributed by atoms with Crippen molar-refractivity contribution in [3.8, 4) is 22.9 Å². The number of aryl methyl sites for hydroxylation is 1. The van der Waals surface area contributed by atoms with Crippen LogP contribution in [0.3, 0.4) is 0 Å². The average Bonchev–Trinajstić information content (AvgIpc) is 3.31. The summed E-state index contributed by atoms with van der Waals surface area (Å²) in [4.78, 5) is 19.4. The number of nitrogens with zero attached hydrogens (tertiary/aromatic N) is 3. The maximum absolute atomic E-state index is 12.9. The molecular formula is C25H31N3O4. The van der Waals surface area contributed by atoms with E-state index in [2.05, 4.69) is 36.1 Å². The zero-order chi connectivity index (χ0) is 22.9. The fourth-order valence-corrected chi connectivity index (χ4v) is 3.52. The minimum Gasteiger partial charge on any atom is -0.493 e. The molecule has 3 aromatic rings. The third-order valence-corrected chi connectivity index (χ3v) is 5.59. The van der Waals surface area contributed by atoms with Gasteiger partial charge in [0, 0.05) is 31.0 Å². The molecule has 0 aliphatic rings. The van der Waals surface area contributed by atoms with Gasteiger partial charge in [-0.25, -0.2) is 0 Å². The smallest absolute Gasteiger partial charge is 0.228 e. The predicted molar refractivity (Wildman–Crippen MR) is 123 cm³/mol. The van der Waals surface area contributed by atoms with Crippen LogP contribution in [0.5, 0.6) is 11.5 Å². The number of rotatable bonds is 11. The molecule has 0 spiro atoms. The Labute approximate surface area is 189 Å². The maximum atomic E-state index is 12.9. The molecule has 0 N–H and O–H groups in total. The summed E-state index contributed by atoms with van der Waals surface area (Å²) in [5.74, 6) is 2.36. The largest absolute Gasteiger partial charge is 0.493 e. The van der Waals surface area contributed by atoms with E-state index in [1.807, 2.05) is 35.2 Å². The SMILES string of the molecule is CC[C@H](C)N(CCc1nc(-c2ccc(OC)c(OC)c2)no1)C(=O)CCc1ccccc1. The van der Waals surface area contributed by atoms with Crippen molar-refractivity contribution in [2.24, 2.45) is 0 Å². The predicted octanol–water partition coefficient (Wildman–Crippen LogP) is 4.56. The van der Waals surface area contributed by atoms with Crippen LogP contribution in [-0.4, -0.2) is 47.8 Å². The molecule has 0 fully saturated rings. The first kappa shape index (κ1) is 23.3. The lowest BCUT2D eigenvalue weighted by Gasteiger charge is -2.28. The summed E-state index contributed by atoms with van der Waals surface area (Å²) in [6.07, 6.45) is 2.60. The van der Waals surface area contributed by atoms with Gasteiger partial charge in [0.15, 0.2) is 11.5 Å². The molecule has 0 unspecified atom stereocenters. The highest BCUT2D eigenvalue weighted by Gasteiger charge is 2.20. The van der Waals surface area contributed by atoms with Gasteiger partial charge in [-0.1, -0.05) is 42.4 Å². The van der Waals surface area contributed by atoms with Crippen molar-refractivity contribution in [1.82, 2.24) is 15.0 Å². The molecule has 0 saturated heterocycles. The molecule has 1 amide bonds. The van der Waals surface area contributed by atoms with Crippen LogP contribution in [0.1, 0.15) is 38.1 Å². The lowest BCUT2D eigenvalue weighted by molar-refractivity contribution is -0.133. The number of aromatic nitrogens is 2. The van der Waals surface area contributed by atoms with Gasteiger partial charge in [-0.2, -0.15) is 4.98 Å². The summed E-state index contributed by atoms with van der Waals surface area (Å²) in [7, 11) is 3.18. The summed E-state index contributed by atoms with van der Waals surface area (Å²) in [5, 5.41) is 4.10. The van der Waals surface area contributed by atoms with Gasteiger partial charge in [-0.05, 0) is 43.5 Å². The fraction of sp³-hybridized carbons (Fsp3) is 0.400. The van der Waals surface area contributed by atoms with E-state index >= 15 is 0 Å². The van der Waals surface area contributed by atoms with Crippen LogP contribution < -0.4 is 9.47 Å². The van der Waals surface area contributed by atoms with E-state index in [1.165, 1.54) is 5.56 Å². The Hall–Kier alpha value is -3.35. The van der Waals surface area contributed by atoms with Gasteiger partial charge in [-0.3, -0.25) is 4.79 Å². The van der Waals surface area contributed by atoms with Crippen LogP contribution in [0.4, 0.5) is 0 Å². The van der Waals surface area contributed by atoms with E-state index in [-0.39, 0.29) is 11.9 Å². The quantitative estimate of drug-likeness (QED) is 0.438. The average molecular weight is 438 g/mol. The van der Waals surface area contributed by atoms with Gasteiger partial charge in [0.25, 0.3) is 0 Å². The molecule has 0 bridgehead atoms. The normalized spacial score (nSPS) is 11.8. The summed E-state index contributed by atoms with van der Waals surface area (Å²) < 4.78 is 16.1. The number of amides is 1. The van der Waals surface area contributed by atoms with Crippen molar-refractivity contribution in [3.05, 3.63) is 60.0 Å². The third kappa shape index (κ3) is 5.87.